The fourth-order valence-electron chi connectivity index (χ4n) is 3.07. The fourth-order valence-corrected chi connectivity index (χ4v) is 3.07. The summed E-state index contributed by atoms with van der Waals surface area (Å²) in [5.41, 5.74) is 0.495. The van der Waals surface area contributed by atoms with Crippen LogP contribution in [0.4, 0.5) is 0 Å². The van der Waals surface area contributed by atoms with Crippen LogP contribution < -0.4 is 5.32 Å². The van der Waals surface area contributed by atoms with Crippen molar-refractivity contribution in [2.75, 3.05) is 13.2 Å². The van der Waals surface area contributed by atoms with Crippen molar-refractivity contribution in [2.45, 2.75) is 72.4 Å². The number of rotatable bonds is 5. The zero-order chi connectivity index (χ0) is 13.1. The summed E-state index contributed by atoms with van der Waals surface area (Å²) in [6, 6.07) is 0.669. The second kappa shape index (κ2) is 5.71. The Balaban J connectivity index is 2.38. The summed E-state index contributed by atoms with van der Waals surface area (Å²) in [7, 11) is 0. The van der Waals surface area contributed by atoms with Crippen LogP contribution in [-0.4, -0.2) is 24.8 Å². The van der Waals surface area contributed by atoms with Crippen molar-refractivity contribution >= 4 is 0 Å². The highest BCUT2D eigenvalue weighted by atomic mass is 16.5. The van der Waals surface area contributed by atoms with Crippen LogP contribution in [0, 0.1) is 11.3 Å². The molecule has 0 amide bonds. The van der Waals surface area contributed by atoms with Gasteiger partial charge >= 0.3 is 0 Å². The van der Waals surface area contributed by atoms with E-state index in [9.17, 15) is 0 Å². The Morgan fingerprint density at radius 1 is 1.35 bits per heavy atom. The van der Waals surface area contributed by atoms with Crippen LogP contribution in [0.3, 0.4) is 0 Å². The average Bonchev–Trinajstić information content (AvgIpc) is 2.14. The highest BCUT2D eigenvalue weighted by Gasteiger charge is 2.32. The van der Waals surface area contributed by atoms with Crippen LogP contribution in [0.25, 0.3) is 0 Å². The fraction of sp³-hybridized carbons (Fsp3) is 1.00. The van der Waals surface area contributed by atoms with E-state index in [0.717, 1.165) is 19.1 Å². The summed E-state index contributed by atoms with van der Waals surface area (Å²) >= 11 is 0. The van der Waals surface area contributed by atoms with Gasteiger partial charge in [-0.1, -0.05) is 20.8 Å². The van der Waals surface area contributed by atoms with Gasteiger partial charge in [-0.05, 0) is 51.4 Å². The summed E-state index contributed by atoms with van der Waals surface area (Å²) in [4.78, 5) is 0. The summed E-state index contributed by atoms with van der Waals surface area (Å²) in [5.74, 6) is 0.774. The van der Waals surface area contributed by atoms with Crippen LogP contribution >= 0.6 is 0 Å². The second-order valence-electron chi connectivity index (χ2n) is 7.06. The highest BCUT2D eigenvalue weighted by molar-refractivity contribution is 4.88. The lowest BCUT2D eigenvalue weighted by Gasteiger charge is -2.40. The van der Waals surface area contributed by atoms with E-state index in [-0.39, 0.29) is 5.60 Å². The van der Waals surface area contributed by atoms with Gasteiger partial charge in [-0.15, -0.1) is 0 Å². The predicted octanol–water partition coefficient (Wildman–Crippen LogP) is 3.61. The van der Waals surface area contributed by atoms with Gasteiger partial charge < -0.3 is 10.1 Å². The molecule has 0 aromatic carbocycles. The van der Waals surface area contributed by atoms with E-state index in [1.165, 1.54) is 19.3 Å². The molecule has 0 aromatic rings. The van der Waals surface area contributed by atoms with Gasteiger partial charge in [-0.2, -0.15) is 0 Å². The molecule has 102 valence electrons. The van der Waals surface area contributed by atoms with E-state index in [1.807, 2.05) is 0 Å². The minimum absolute atomic E-state index is 0.0402. The first-order valence-corrected chi connectivity index (χ1v) is 7.13. The first-order valence-electron chi connectivity index (χ1n) is 7.13. The molecule has 2 unspecified atom stereocenters. The van der Waals surface area contributed by atoms with Crippen molar-refractivity contribution in [3.63, 3.8) is 0 Å². The standard InChI is InChI=1S/C15H31NO/c1-7-17-15(5,6)11-16-13-8-9-14(3,4)10-12(13)2/h12-13,16H,7-11H2,1-6H3. The molecule has 0 aliphatic heterocycles. The van der Waals surface area contributed by atoms with Gasteiger partial charge in [0, 0.05) is 19.2 Å². The molecular weight excluding hydrogens is 210 g/mol. The van der Waals surface area contributed by atoms with Crippen molar-refractivity contribution in [1.82, 2.24) is 5.32 Å². The zero-order valence-electron chi connectivity index (χ0n) is 12.6. The molecule has 2 heteroatoms. The molecule has 1 fully saturated rings. The van der Waals surface area contributed by atoms with E-state index in [2.05, 4.69) is 46.9 Å². The van der Waals surface area contributed by atoms with E-state index in [4.69, 9.17) is 4.74 Å². The van der Waals surface area contributed by atoms with Crippen LogP contribution in [0.5, 0.6) is 0 Å². The Hall–Kier alpha value is -0.0800. The third kappa shape index (κ3) is 4.97. The second-order valence-corrected chi connectivity index (χ2v) is 7.06. The number of hydrogen-bond acceptors (Lipinski definition) is 2. The van der Waals surface area contributed by atoms with Gasteiger partial charge in [0.05, 0.1) is 5.60 Å². The average molecular weight is 241 g/mol. The highest BCUT2D eigenvalue weighted by Crippen LogP contribution is 2.38. The van der Waals surface area contributed by atoms with Gasteiger partial charge in [0.25, 0.3) is 0 Å². The van der Waals surface area contributed by atoms with Crippen LogP contribution in [-0.2, 0) is 4.74 Å². The maximum absolute atomic E-state index is 5.73. The van der Waals surface area contributed by atoms with Gasteiger partial charge in [0.15, 0.2) is 0 Å². The molecule has 1 aliphatic carbocycles. The maximum Gasteiger partial charge on any atom is 0.0750 e. The lowest BCUT2D eigenvalue weighted by molar-refractivity contribution is -0.0140. The van der Waals surface area contributed by atoms with Gasteiger partial charge in [-0.25, -0.2) is 0 Å². The molecule has 2 nitrogen and oxygen atoms in total. The number of hydrogen-bond donors (Lipinski definition) is 1. The molecule has 0 radical (unpaired) electrons. The third-order valence-electron chi connectivity index (χ3n) is 4.02. The molecule has 0 bridgehead atoms. The van der Waals surface area contributed by atoms with Gasteiger partial charge in [0.2, 0.25) is 0 Å². The first kappa shape index (κ1) is 15.0. The van der Waals surface area contributed by atoms with E-state index in [0.29, 0.717) is 11.5 Å². The monoisotopic (exact) mass is 241 g/mol. The van der Waals surface area contributed by atoms with E-state index >= 15 is 0 Å². The minimum Gasteiger partial charge on any atom is -0.375 e. The van der Waals surface area contributed by atoms with Crippen molar-refractivity contribution in [2.24, 2.45) is 11.3 Å². The Kier molecular flexibility index (Phi) is 5.03. The van der Waals surface area contributed by atoms with Crippen LogP contribution in [0.2, 0.25) is 0 Å². The predicted molar refractivity (Wildman–Crippen MR) is 74.3 cm³/mol. The van der Waals surface area contributed by atoms with Crippen molar-refractivity contribution in [3.8, 4) is 0 Å². The molecule has 1 N–H and O–H groups in total. The summed E-state index contributed by atoms with van der Waals surface area (Å²) in [5, 5.41) is 3.71. The molecular formula is C15H31NO. The number of nitrogens with one attached hydrogen (secondary N) is 1. The molecule has 0 saturated heterocycles. The molecule has 17 heavy (non-hydrogen) atoms. The SMILES string of the molecule is CCOC(C)(C)CNC1CCC(C)(C)CC1C. The van der Waals surface area contributed by atoms with E-state index < -0.39 is 0 Å². The third-order valence-corrected chi connectivity index (χ3v) is 4.02. The normalized spacial score (nSPS) is 29.3. The summed E-state index contributed by atoms with van der Waals surface area (Å²) in [6.45, 7) is 15.3. The Morgan fingerprint density at radius 2 is 2.00 bits per heavy atom. The molecule has 1 rings (SSSR count). The topological polar surface area (TPSA) is 21.3 Å². The van der Waals surface area contributed by atoms with Crippen LogP contribution in [0.15, 0.2) is 0 Å². The van der Waals surface area contributed by atoms with Gasteiger partial charge in [-0.3, -0.25) is 0 Å². The summed E-state index contributed by atoms with van der Waals surface area (Å²) in [6.07, 6.45) is 3.97. The Labute approximate surface area is 108 Å². The van der Waals surface area contributed by atoms with Crippen molar-refractivity contribution < 1.29 is 4.74 Å². The lowest BCUT2D eigenvalue weighted by atomic mass is 9.70. The Morgan fingerprint density at radius 3 is 2.53 bits per heavy atom. The molecule has 1 saturated carbocycles. The zero-order valence-corrected chi connectivity index (χ0v) is 12.6. The molecule has 0 heterocycles. The molecule has 2 atom stereocenters. The number of ether oxygens (including phenoxy) is 1. The van der Waals surface area contributed by atoms with Crippen molar-refractivity contribution in [1.29, 1.82) is 0 Å². The largest absolute Gasteiger partial charge is 0.375 e. The summed E-state index contributed by atoms with van der Waals surface area (Å²) < 4.78 is 5.73. The van der Waals surface area contributed by atoms with Crippen molar-refractivity contribution in [3.05, 3.63) is 0 Å². The first-order chi connectivity index (χ1) is 7.76. The van der Waals surface area contributed by atoms with Gasteiger partial charge in [0.1, 0.15) is 0 Å². The minimum atomic E-state index is -0.0402. The maximum atomic E-state index is 5.73. The molecule has 0 spiro atoms. The lowest BCUT2D eigenvalue weighted by Crippen LogP contribution is -2.47. The van der Waals surface area contributed by atoms with E-state index in [1.54, 1.807) is 0 Å². The Bertz CT molecular complexity index is 235. The smallest absolute Gasteiger partial charge is 0.0750 e. The van der Waals surface area contributed by atoms with Crippen LogP contribution in [0.1, 0.15) is 60.8 Å². The molecule has 1 aliphatic rings. The molecule has 0 aromatic heterocycles. The quantitative estimate of drug-likeness (QED) is 0.794.